The standard InChI is InChI=1S/C19H37NO4/c1-5-6-7-8-9-10-11-12-13-21-16-15(14(2)20)22-18-17(16)23-19(3,4)24-18/h14-18H,5-13,20H2,1-4H3/t14-,15+,16-,17+,18+/m0/s1. The highest BCUT2D eigenvalue weighted by Crippen LogP contribution is 2.39. The van der Waals surface area contributed by atoms with E-state index in [0.29, 0.717) is 0 Å². The zero-order chi connectivity index (χ0) is 17.6. The van der Waals surface area contributed by atoms with E-state index in [0.717, 1.165) is 13.0 Å². The second-order valence-electron chi connectivity index (χ2n) is 7.74. The zero-order valence-electron chi connectivity index (χ0n) is 16.0. The number of ether oxygens (including phenoxy) is 4. The lowest BCUT2D eigenvalue weighted by Gasteiger charge is -2.27. The molecule has 0 unspecified atom stereocenters. The molecule has 0 aliphatic carbocycles. The van der Waals surface area contributed by atoms with Gasteiger partial charge in [-0.25, -0.2) is 0 Å². The summed E-state index contributed by atoms with van der Waals surface area (Å²) in [5, 5.41) is 0. The molecular formula is C19H37NO4. The van der Waals surface area contributed by atoms with Gasteiger partial charge in [-0.1, -0.05) is 51.9 Å². The number of hydrogen-bond donors (Lipinski definition) is 1. The van der Waals surface area contributed by atoms with Gasteiger partial charge in [0.05, 0.1) is 0 Å². The summed E-state index contributed by atoms with van der Waals surface area (Å²) in [5.74, 6) is -0.613. The first-order valence-corrected chi connectivity index (χ1v) is 9.83. The Morgan fingerprint density at radius 1 is 1.00 bits per heavy atom. The third-order valence-electron chi connectivity index (χ3n) is 4.85. The summed E-state index contributed by atoms with van der Waals surface area (Å²) in [6.45, 7) is 8.75. The molecule has 2 N–H and O–H groups in total. The molecule has 0 aromatic rings. The van der Waals surface area contributed by atoms with E-state index in [1.54, 1.807) is 0 Å². The first-order chi connectivity index (χ1) is 11.4. The fourth-order valence-corrected chi connectivity index (χ4v) is 3.57. The predicted octanol–water partition coefficient (Wildman–Crippen LogP) is 3.74. The van der Waals surface area contributed by atoms with E-state index >= 15 is 0 Å². The Bertz CT molecular complexity index is 361. The maximum absolute atomic E-state index is 6.12. The third-order valence-corrected chi connectivity index (χ3v) is 4.85. The normalized spacial score (nSPS) is 32.9. The van der Waals surface area contributed by atoms with Crippen LogP contribution in [0.2, 0.25) is 0 Å². The van der Waals surface area contributed by atoms with Crippen LogP contribution in [0.3, 0.4) is 0 Å². The molecule has 5 heteroatoms. The summed E-state index contributed by atoms with van der Waals surface area (Å²) in [6, 6.07) is -0.102. The van der Waals surface area contributed by atoms with Gasteiger partial charge >= 0.3 is 0 Å². The topological polar surface area (TPSA) is 62.9 Å². The van der Waals surface area contributed by atoms with Crippen LogP contribution in [-0.2, 0) is 18.9 Å². The summed E-state index contributed by atoms with van der Waals surface area (Å²) in [7, 11) is 0. The van der Waals surface area contributed by atoms with Crippen LogP contribution < -0.4 is 5.73 Å². The van der Waals surface area contributed by atoms with Gasteiger partial charge in [-0.3, -0.25) is 0 Å². The molecule has 5 nitrogen and oxygen atoms in total. The van der Waals surface area contributed by atoms with Crippen molar-refractivity contribution in [2.45, 2.75) is 115 Å². The van der Waals surface area contributed by atoms with Crippen LogP contribution in [0.25, 0.3) is 0 Å². The number of nitrogens with two attached hydrogens (primary N) is 1. The lowest BCUT2D eigenvalue weighted by Crippen LogP contribution is -2.45. The number of unbranched alkanes of at least 4 members (excludes halogenated alkanes) is 7. The molecule has 0 spiro atoms. The molecule has 0 saturated carbocycles. The van der Waals surface area contributed by atoms with Gasteiger partial charge in [-0.2, -0.15) is 0 Å². The molecule has 0 amide bonds. The van der Waals surface area contributed by atoms with Crippen molar-refractivity contribution >= 4 is 0 Å². The summed E-state index contributed by atoms with van der Waals surface area (Å²) in [6.07, 6.45) is 9.51. The summed E-state index contributed by atoms with van der Waals surface area (Å²) < 4.78 is 23.8. The molecular weight excluding hydrogens is 306 g/mol. The fourth-order valence-electron chi connectivity index (χ4n) is 3.57. The van der Waals surface area contributed by atoms with Crippen molar-refractivity contribution in [2.24, 2.45) is 5.73 Å². The van der Waals surface area contributed by atoms with Crippen molar-refractivity contribution < 1.29 is 18.9 Å². The van der Waals surface area contributed by atoms with Gasteiger partial charge in [0.25, 0.3) is 0 Å². The number of fused-ring (bicyclic) bond motifs is 1. The van der Waals surface area contributed by atoms with Crippen molar-refractivity contribution in [1.29, 1.82) is 0 Å². The van der Waals surface area contributed by atoms with E-state index in [-0.39, 0.29) is 30.6 Å². The molecule has 2 aliphatic heterocycles. The summed E-state index contributed by atoms with van der Waals surface area (Å²) in [5.41, 5.74) is 6.05. The molecule has 2 saturated heterocycles. The second-order valence-corrected chi connectivity index (χ2v) is 7.74. The van der Waals surface area contributed by atoms with Crippen LogP contribution in [0.15, 0.2) is 0 Å². The maximum Gasteiger partial charge on any atom is 0.190 e. The van der Waals surface area contributed by atoms with Crippen LogP contribution in [-0.4, -0.2) is 43.0 Å². The second kappa shape index (κ2) is 9.48. The van der Waals surface area contributed by atoms with E-state index in [1.807, 2.05) is 20.8 Å². The Morgan fingerprint density at radius 2 is 1.62 bits per heavy atom. The lowest BCUT2D eigenvalue weighted by molar-refractivity contribution is -0.220. The molecule has 0 aromatic carbocycles. The van der Waals surface area contributed by atoms with Gasteiger partial charge in [0.2, 0.25) is 0 Å². The highest BCUT2D eigenvalue weighted by atomic mass is 16.8. The number of hydrogen-bond acceptors (Lipinski definition) is 5. The van der Waals surface area contributed by atoms with Gasteiger partial charge in [-0.05, 0) is 27.2 Å². The van der Waals surface area contributed by atoms with Crippen molar-refractivity contribution in [3.8, 4) is 0 Å². The van der Waals surface area contributed by atoms with Crippen molar-refractivity contribution in [3.05, 3.63) is 0 Å². The zero-order valence-corrected chi connectivity index (χ0v) is 16.0. The van der Waals surface area contributed by atoms with Crippen LogP contribution in [0.4, 0.5) is 0 Å². The SMILES string of the molecule is CCCCCCCCCCO[C@@H]1[C@H]2OC(C)(C)O[C@H]2O[C@@H]1[C@H](C)N. The Hall–Kier alpha value is -0.200. The van der Waals surface area contributed by atoms with Gasteiger partial charge in [0.1, 0.15) is 18.3 Å². The molecule has 2 fully saturated rings. The van der Waals surface area contributed by atoms with E-state index < -0.39 is 5.79 Å². The van der Waals surface area contributed by atoms with Crippen LogP contribution in [0.1, 0.15) is 79.1 Å². The maximum atomic E-state index is 6.12. The Kier molecular flexibility index (Phi) is 7.95. The minimum Gasteiger partial charge on any atom is -0.373 e. The van der Waals surface area contributed by atoms with Gasteiger partial charge in [0.15, 0.2) is 12.1 Å². The van der Waals surface area contributed by atoms with Crippen LogP contribution in [0.5, 0.6) is 0 Å². The molecule has 24 heavy (non-hydrogen) atoms. The first kappa shape index (κ1) is 20.1. The summed E-state index contributed by atoms with van der Waals surface area (Å²) >= 11 is 0. The fraction of sp³-hybridized carbons (Fsp3) is 1.00. The molecule has 0 aromatic heterocycles. The molecule has 0 bridgehead atoms. The number of rotatable bonds is 11. The third kappa shape index (κ3) is 5.67. The molecule has 5 atom stereocenters. The van der Waals surface area contributed by atoms with E-state index in [1.165, 1.54) is 44.9 Å². The average Bonchev–Trinajstić information content (AvgIpc) is 2.98. The van der Waals surface area contributed by atoms with E-state index in [4.69, 9.17) is 24.7 Å². The van der Waals surface area contributed by atoms with Gasteiger partial charge < -0.3 is 24.7 Å². The molecule has 142 valence electrons. The van der Waals surface area contributed by atoms with E-state index in [9.17, 15) is 0 Å². The minimum atomic E-state index is -0.613. The van der Waals surface area contributed by atoms with Gasteiger partial charge in [0, 0.05) is 12.6 Å². The summed E-state index contributed by atoms with van der Waals surface area (Å²) in [4.78, 5) is 0. The average molecular weight is 344 g/mol. The quantitative estimate of drug-likeness (QED) is 0.579. The van der Waals surface area contributed by atoms with Crippen LogP contribution in [0, 0.1) is 0 Å². The largest absolute Gasteiger partial charge is 0.373 e. The van der Waals surface area contributed by atoms with Crippen molar-refractivity contribution in [2.75, 3.05) is 6.61 Å². The molecule has 0 radical (unpaired) electrons. The molecule has 2 aliphatic rings. The first-order valence-electron chi connectivity index (χ1n) is 9.83. The smallest absolute Gasteiger partial charge is 0.190 e. The Labute approximate surface area is 147 Å². The van der Waals surface area contributed by atoms with E-state index in [2.05, 4.69) is 6.92 Å². The van der Waals surface area contributed by atoms with Crippen molar-refractivity contribution in [3.63, 3.8) is 0 Å². The van der Waals surface area contributed by atoms with Crippen molar-refractivity contribution in [1.82, 2.24) is 0 Å². The Morgan fingerprint density at radius 3 is 2.25 bits per heavy atom. The highest BCUT2D eigenvalue weighted by molar-refractivity contribution is 4.97. The highest BCUT2D eigenvalue weighted by Gasteiger charge is 2.56. The molecule has 2 rings (SSSR count). The van der Waals surface area contributed by atoms with Crippen LogP contribution >= 0.6 is 0 Å². The molecule has 2 heterocycles. The minimum absolute atomic E-state index is 0.102. The van der Waals surface area contributed by atoms with Gasteiger partial charge in [-0.15, -0.1) is 0 Å². The monoisotopic (exact) mass is 343 g/mol. The Balaban J connectivity index is 1.66. The predicted molar refractivity (Wildman–Crippen MR) is 94.7 cm³/mol. The lowest BCUT2D eigenvalue weighted by atomic mass is 10.1.